The van der Waals surface area contributed by atoms with Crippen molar-refractivity contribution in [2.75, 3.05) is 0 Å². The molecular formula is C49H49BN2O. The van der Waals surface area contributed by atoms with E-state index >= 15 is 0 Å². The van der Waals surface area contributed by atoms with Gasteiger partial charge in [-0.2, -0.15) is 0 Å². The third-order valence-corrected chi connectivity index (χ3v) is 10.4. The predicted molar refractivity (Wildman–Crippen MR) is 227 cm³/mol. The van der Waals surface area contributed by atoms with Crippen LogP contribution in [0.4, 0.5) is 0 Å². The van der Waals surface area contributed by atoms with E-state index in [9.17, 15) is 5.11 Å². The number of para-hydroxylation sites is 1. The molecule has 53 heavy (non-hydrogen) atoms. The van der Waals surface area contributed by atoms with Crippen molar-refractivity contribution in [3.8, 4) is 39.4 Å². The normalized spacial score (nSPS) is 12.0. The summed E-state index contributed by atoms with van der Waals surface area (Å²) < 4.78 is 0. The smallest absolute Gasteiger partial charge is 0.265 e. The van der Waals surface area contributed by atoms with Crippen LogP contribution in [0.3, 0.4) is 0 Å². The van der Waals surface area contributed by atoms with Crippen molar-refractivity contribution in [3.63, 3.8) is 0 Å². The molecule has 7 rings (SSSR count). The second-order valence-corrected chi connectivity index (χ2v) is 16.7. The fourth-order valence-electron chi connectivity index (χ4n) is 7.29. The highest BCUT2D eigenvalue weighted by molar-refractivity contribution is 6.95. The fourth-order valence-corrected chi connectivity index (χ4v) is 7.29. The van der Waals surface area contributed by atoms with Gasteiger partial charge in [-0.05, 0) is 97.3 Å². The number of pyridine rings is 2. The molecule has 264 valence electrons. The maximum Gasteiger partial charge on any atom is 0.265 e. The number of fused-ring (bicyclic) bond motifs is 1. The van der Waals surface area contributed by atoms with Crippen molar-refractivity contribution in [3.05, 3.63) is 156 Å². The minimum atomic E-state index is -0.0863. The lowest BCUT2D eigenvalue weighted by molar-refractivity contribution is 0.477. The molecular weight excluding hydrogens is 643 g/mol. The average molecular weight is 693 g/mol. The van der Waals surface area contributed by atoms with Gasteiger partial charge in [0.2, 0.25) is 0 Å². The molecule has 5 aromatic carbocycles. The fraction of sp³-hybridized carbons (Fsp3) is 0.224. The van der Waals surface area contributed by atoms with E-state index < -0.39 is 0 Å². The van der Waals surface area contributed by atoms with Gasteiger partial charge in [0.1, 0.15) is 5.75 Å². The zero-order valence-corrected chi connectivity index (χ0v) is 32.3. The third-order valence-electron chi connectivity index (χ3n) is 10.4. The third kappa shape index (κ3) is 7.55. The van der Waals surface area contributed by atoms with Crippen LogP contribution >= 0.6 is 0 Å². The zero-order chi connectivity index (χ0) is 37.5. The van der Waals surface area contributed by atoms with E-state index in [-0.39, 0.29) is 23.3 Å². The minimum absolute atomic E-state index is 0.0289. The van der Waals surface area contributed by atoms with Crippen LogP contribution < -0.4 is 16.5 Å². The van der Waals surface area contributed by atoms with Crippen molar-refractivity contribution in [2.45, 2.75) is 72.1 Å². The molecule has 0 fully saturated rings. The Morgan fingerprint density at radius 1 is 0.566 bits per heavy atom. The maximum atomic E-state index is 11.1. The standard InChI is InChI=1S/C49H49BN2O/c1-32(2)42-27-33-16-9-10-17-34(33)28-43(42)50(47-22-13-14-23-51-47)40-19-15-18-35(26-40)44-29-37(30-45(52-44)41-20-11-12-21-46(41)53)36-24-38(48(3,4)5)31-39(25-36)49(6,7)8/h9-32,53H,1-8H3. The molecule has 0 aliphatic heterocycles. The largest absolute Gasteiger partial charge is 0.507 e. The summed E-state index contributed by atoms with van der Waals surface area (Å²) in [6, 6.07) is 47.1. The van der Waals surface area contributed by atoms with Crippen LogP contribution in [0, 0.1) is 0 Å². The van der Waals surface area contributed by atoms with E-state index in [1.54, 1.807) is 6.07 Å². The summed E-state index contributed by atoms with van der Waals surface area (Å²) in [5, 5.41) is 13.5. The maximum absolute atomic E-state index is 11.1. The topological polar surface area (TPSA) is 46.0 Å². The molecule has 0 spiro atoms. The number of phenolic OH excluding ortho intramolecular Hbond substituents is 1. The summed E-state index contributed by atoms with van der Waals surface area (Å²) in [5.41, 5.74) is 12.8. The summed E-state index contributed by atoms with van der Waals surface area (Å²) in [6.07, 6.45) is 1.89. The van der Waals surface area contributed by atoms with Crippen molar-refractivity contribution >= 4 is 34.0 Å². The van der Waals surface area contributed by atoms with Crippen LogP contribution in [0.2, 0.25) is 0 Å². The Morgan fingerprint density at radius 2 is 1.19 bits per heavy atom. The average Bonchev–Trinajstić information content (AvgIpc) is 3.14. The quantitative estimate of drug-likeness (QED) is 0.169. The molecule has 0 bridgehead atoms. The van der Waals surface area contributed by atoms with Gasteiger partial charge in [-0.25, -0.2) is 4.98 Å². The Morgan fingerprint density at radius 3 is 1.83 bits per heavy atom. The molecule has 0 amide bonds. The molecule has 4 heteroatoms. The van der Waals surface area contributed by atoms with E-state index in [0.29, 0.717) is 11.5 Å². The van der Waals surface area contributed by atoms with E-state index in [1.165, 1.54) is 32.9 Å². The molecule has 1 N–H and O–H groups in total. The Hall–Kier alpha value is -5.48. The van der Waals surface area contributed by atoms with E-state index in [4.69, 9.17) is 9.97 Å². The molecule has 2 aromatic heterocycles. The second-order valence-electron chi connectivity index (χ2n) is 16.7. The molecule has 0 radical (unpaired) electrons. The molecule has 0 saturated carbocycles. The Labute approximate surface area is 315 Å². The minimum Gasteiger partial charge on any atom is -0.507 e. The molecule has 0 aliphatic carbocycles. The SMILES string of the molecule is CC(C)c1cc2ccccc2cc1B(c1cccc(-c2cc(-c3cc(C(C)(C)C)cc(C(C)(C)C)c3)cc(-c3ccccc3O)n2)c1)c1ccccn1. The number of aromatic nitrogens is 2. The van der Waals surface area contributed by atoms with E-state index in [0.717, 1.165) is 39.1 Å². The molecule has 7 aromatic rings. The molecule has 0 unspecified atom stereocenters. The first-order chi connectivity index (χ1) is 25.3. The van der Waals surface area contributed by atoms with Gasteiger partial charge in [-0.1, -0.05) is 163 Å². The number of aromatic hydroxyl groups is 1. The van der Waals surface area contributed by atoms with Gasteiger partial charge < -0.3 is 5.11 Å². The summed E-state index contributed by atoms with van der Waals surface area (Å²) in [6.45, 7) is 18.1. The van der Waals surface area contributed by atoms with Crippen LogP contribution in [0.25, 0.3) is 44.4 Å². The van der Waals surface area contributed by atoms with Crippen molar-refractivity contribution in [2.24, 2.45) is 0 Å². The van der Waals surface area contributed by atoms with Gasteiger partial charge in [0, 0.05) is 17.4 Å². The van der Waals surface area contributed by atoms with Crippen LogP contribution in [-0.4, -0.2) is 21.8 Å². The number of hydrogen-bond donors (Lipinski definition) is 1. The number of rotatable bonds is 7. The highest BCUT2D eigenvalue weighted by Gasteiger charge is 2.28. The lowest BCUT2D eigenvalue weighted by atomic mass is 9.37. The number of benzene rings is 5. The first-order valence-corrected chi connectivity index (χ1v) is 18.8. The van der Waals surface area contributed by atoms with E-state index in [2.05, 4.69) is 159 Å². The van der Waals surface area contributed by atoms with Gasteiger partial charge in [0.05, 0.1) is 11.4 Å². The molecule has 0 aliphatic rings. The number of hydrogen-bond acceptors (Lipinski definition) is 3. The van der Waals surface area contributed by atoms with Crippen molar-refractivity contribution in [1.29, 1.82) is 0 Å². The van der Waals surface area contributed by atoms with Crippen molar-refractivity contribution < 1.29 is 5.11 Å². The monoisotopic (exact) mass is 692 g/mol. The zero-order valence-electron chi connectivity index (χ0n) is 32.3. The summed E-state index contributed by atoms with van der Waals surface area (Å²) in [7, 11) is 0. The molecule has 0 saturated heterocycles. The predicted octanol–water partition coefficient (Wildman–Crippen LogP) is 10.6. The van der Waals surface area contributed by atoms with Gasteiger partial charge >= 0.3 is 0 Å². The van der Waals surface area contributed by atoms with Crippen LogP contribution in [0.15, 0.2) is 140 Å². The Balaban J connectivity index is 1.45. The highest BCUT2D eigenvalue weighted by atomic mass is 16.3. The van der Waals surface area contributed by atoms with Crippen molar-refractivity contribution in [1.82, 2.24) is 9.97 Å². The number of nitrogens with zero attached hydrogens (tertiary/aromatic N) is 2. The Bertz CT molecular complexity index is 2390. The van der Waals surface area contributed by atoms with Crippen LogP contribution in [0.1, 0.15) is 78.0 Å². The second kappa shape index (κ2) is 14.2. The van der Waals surface area contributed by atoms with Gasteiger partial charge in [-0.15, -0.1) is 0 Å². The summed E-state index contributed by atoms with van der Waals surface area (Å²) >= 11 is 0. The summed E-state index contributed by atoms with van der Waals surface area (Å²) in [4.78, 5) is 10.2. The van der Waals surface area contributed by atoms with Gasteiger partial charge in [-0.3, -0.25) is 4.98 Å². The summed E-state index contributed by atoms with van der Waals surface area (Å²) in [5.74, 6) is 0.536. The highest BCUT2D eigenvalue weighted by Crippen LogP contribution is 2.38. The van der Waals surface area contributed by atoms with Crippen LogP contribution in [-0.2, 0) is 10.8 Å². The molecule has 0 atom stereocenters. The first-order valence-electron chi connectivity index (χ1n) is 18.8. The lowest BCUT2D eigenvalue weighted by Crippen LogP contribution is -2.54. The molecule has 2 heterocycles. The lowest BCUT2D eigenvalue weighted by Gasteiger charge is -2.26. The van der Waals surface area contributed by atoms with E-state index in [1.807, 2.05) is 30.5 Å². The van der Waals surface area contributed by atoms with Gasteiger partial charge in [0.15, 0.2) is 0 Å². The van der Waals surface area contributed by atoms with Gasteiger partial charge in [0.25, 0.3) is 6.71 Å². The number of phenols is 1. The Kier molecular flexibility index (Phi) is 9.59. The first kappa shape index (κ1) is 35.9. The van der Waals surface area contributed by atoms with Crippen LogP contribution in [0.5, 0.6) is 5.75 Å². The molecule has 3 nitrogen and oxygen atoms in total.